The van der Waals surface area contributed by atoms with Crippen molar-refractivity contribution in [2.45, 2.75) is 25.4 Å². The van der Waals surface area contributed by atoms with Gasteiger partial charge in [0, 0.05) is 6.54 Å². The molecule has 0 saturated heterocycles. The van der Waals surface area contributed by atoms with E-state index >= 15 is 0 Å². The van der Waals surface area contributed by atoms with E-state index in [0.29, 0.717) is 0 Å². The van der Waals surface area contributed by atoms with E-state index in [9.17, 15) is 13.2 Å². The molecular formula is C13H16F3N. The number of alkyl halides is 3. The topological polar surface area (TPSA) is 12.0 Å². The summed E-state index contributed by atoms with van der Waals surface area (Å²) in [7, 11) is 1.91. The Labute approximate surface area is 99.0 Å². The Morgan fingerprint density at radius 1 is 1.18 bits per heavy atom. The van der Waals surface area contributed by atoms with Crippen LogP contribution >= 0.6 is 0 Å². The molecule has 0 aromatic heterocycles. The fourth-order valence-electron chi connectivity index (χ4n) is 2.21. The number of benzene rings is 1. The average molecular weight is 243 g/mol. The molecule has 2 rings (SSSR count). The Morgan fingerprint density at radius 3 is 2.18 bits per heavy atom. The van der Waals surface area contributed by atoms with Crippen molar-refractivity contribution < 1.29 is 13.2 Å². The third kappa shape index (κ3) is 3.00. The molecule has 4 heteroatoms. The highest BCUT2D eigenvalue weighted by molar-refractivity contribution is 5.26. The maximum absolute atomic E-state index is 12.4. The lowest BCUT2D eigenvalue weighted by atomic mass is 9.96. The summed E-state index contributed by atoms with van der Waals surface area (Å²) in [6, 6.07) is 5.53. The summed E-state index contributed by atoms with van der Waals surface area (Å²) in [6.45, 7) is 0.939. The van der Waals surface area contributed by atoms with Gasteiger partial charge in [0.25, 0.3) is 0 Å². The van der Waals surface area contributed by atoms with Crippen LogP contribution in [-0.4, -0.2) is 13.6 Å². The first-order chi connectivity index (χ1) is 7.95. The molecule has 0 unspecified atom stereocenters. The zero-order valence-electron chi connectivity index (χ0n) is 9.77. The van der Waals surface area contributed by atoms with E-state index in [1.54, 1.807) is 12.1 Å². The molecule has 0 atom stereocenters. The molecule has 1 N–H and O–H groups in total. The van der Waals surface area contributed by atoms with Gasteiger partial charge in [-0.1, -0.05) is 12.1 Å². The average Bonchev–Trinajstić information content (AvgIpc) is 2.98. The Morgan fingerprint density at radius 2 is 1.76 bits per heavy atom. The van der Waals surface area contributed by atoms with Gasteiger partial charge in [-0.05, 0) is 49.4 Å². The molecule has 94 valence electrons. The summed E-state index contributed by atoms with van der Waals surface area (Å²) in [4.78, 5) is 0. The van der Waals surface area contributed by atoms with Gasteiger partial charge < -0.3 is 5.32 Å². The third-order valence-electron chi connectivity index (χ3n) is 3.37. The van der Waals surface area contributed by atoms with Crippen LogP contribution < -0.4 is 5.32 Å². The molecule has 1 nitrogen and oxygen atoms in total. The summed E-state index contributed by atoms with van der Waals surface area (Å²) in [5.41, 5.74) is 0.708. The molecule has 0 heterocycles. The van der Waals surface area contributed by atoms with Gasteiger partial charge in [-0.25, -0.2) is 0 Å². The number of hydrogen-bond acceptors (Lipinski definition) is 1. The van der Waals surface area contributed by atoms with Crippen molar-refractivity contribution in [1.82, 2.24) is 5.32 Å². The normalized spacial score (nSPS) is 18.1. The zero-order valence-corrected chi connectivity index (χ0v) is 9.77. The molecule has 1 aliphatic rings. The molecule has 1 aromatic carbocycles. The highest BCUT2D eigenvalue weighted by Crippen LogP contribution is 2.47. The van der Waals surface area contributed by atoms with Crippen LogP contribution in [0.4, 0.5) is 13.2 Å². The van der Waals surface area contributed by atoms with Crippen LogP contribution in [0.25, 0.3) is 0 Å². The maximum atomic E-state index is 12.4. The van der Waals surface area contributed by atoms with Crippen molar-refractivity contribution in [3.63, 3.8) is 0 Å². The summed E-state index contributed by atoms with van der Waals surface area (Å²) >= 11 is 0. The molecule has 17 heavy (non-hydrogen) atoms. The van der Waals surface area contributed by atoms with Gasteiger partial charge in [-0.2, -0.15) is 13.2 Å². The minimum atomic E-state index is -4.24. The number of hydrogen-bond donors (Lipinski definition) is 1. The van der Waals surface area contributed by atoms with E-state index < -0.39 is 11.7 Å². The Kier molecular flexibility index (Phi) is 3.17. The van der Waals surface area contributed by atoms with Crippen LogP contribution in [0.2, 0.25) is 0 Å². The van der Waals surface area contributed by atoms with Crippen molar-refractivity contribution in [3.8, 4) is 0 Å². The zero-order chi connectivity index (χ0) is 12.5. The Balaban J connectivity index is 2.04. The van der Waals surface area contributed by atoms with Crippen molar-refractivity contribution in [1.29, 1.82) is 0 Å². The third-order valence-corrected chi connectivity index (χ3v) is 3.37. The highest BCUT2D eigenvalue weighted by Gasteiger charge is 2.41. The molecule has 0 radical (unpaired) electrons. The first kappa shape index (κ1) is 12.4. The van der Waals surface area contributed by atoms with Crippen LogP contribution in [-0.2, 0) is 12.6 Å². The molecule has 0 spiro atoms. The van der Waals surface area contributed by atoms with Gasteiger partial charge in [0.2, 0.25) is 0 Å². The maximum Gasteiger partial charge on any atom is 0.416 e. The lowest BCUT2D eigenvalue weighted by Gasteiger charge is -2.15. The molecule has 1 saturated carbocycles. The van der Waals surface area contributed by atoms with Crippen LogP contribution in [0.3, 0.4) is 0 Å². The van der Waals surface area contributed by atoms with Gasteiger partial charge in [0.05, 0.1) is 5.56 Å². The van der Waals surface area contributed by atoms with Gasteiger partial charge in [-0.15, -0.1) is 0 Å². The van der Waals surface area contributed by atoms with Crippen LogP contribution in [0.15, 0.2) is 24.3 Å². The smallest absolute Gasteiger partial charge is 0.319 e. The quantitative estimate of drug-likeness (QED) is 0.856. The van der Waals surface area contributed by atoms with E-state index in [4.69, 9.17) is 0 Å². The first-order valence-corrected chi connectivity index (χ1v) is 5.76. The monoisotopic (exact) mass is 243 g/mol. The van der Waals surface area contributed by atoms with E-state index in [0.717, 1.165) is 31.4 Å². The summed E-state index contributed by atoms with van der Waals surface area (Å²) in [5, 5.41) is 3.15. The Hall–Kier alpha value is -1.03. The van der Waals surface area contributed by atoms with E-state index in [1.807, 2.05) is 7.05 Å². The van der Waals surface area contributed by atoms with Gasteiger partial charge in [0.15, 0.2) is 0 Å². The van der Waals surface area contributed by atoms with Crippen molar-refractivity contribution in [2.75, 3.05) is 13.6 Å². The highest BCUT2D eigenvalue weighted by atomic mass is 19.4. The number of rotatable bonds is 4. The predicted molar refractivity (Wildman–Crippen MR) is 60.7 cm³/mol. The minimum absolute atomic E-state index is 0.286. The van der Waals surface area contributed by atoms with Gasteiger partial charge in [-0.3, -0.25) is 0 Å². The predicted octanol–water partition coefficient (Wildman–Crippen LogP) is 3.25. The second kappa shape index (κ2) is 4.33. The summed E-state index contributed by atoms with van der Waals surface area (Å²) in [5.74, 6) is 0. The fourth-order valence-corrected chi connectivity index (χ4v) is 2.21. The van der Waals surface area contributed by atoms with E-state index in [2.05, 4.69) is 5.32 Å². The molecular weight excluding hydrogens is 227 g/mol. The second-order valence-corrected chi connectivity index (χ2v) is 4.90. The fraction of sp³-hybridized carbons (Fsp3) is 0.538. The van der Waals surface area contributed by atoms with Gasteiger partial charge >= 0.3 is 6.18 Å². The number of nitrogens with one attached hydrogen (secondary N) is 1. The minimum Gasteiger partial charge on any atom is -0.319 e. The number of halogens is 3. The molecule has 0 bridgehead atoms. The molecule has 1 fully saturated rings. The van der Waals surface area contributed by atoms with Crippen molar-refractivity contribution >= 4 is 0 Å². The van der Waals surface area contributed by atoms with Crippen molar-refractivity contribution in [3.05, 3.63) is 35.4 Å². The van der Waals surface area contributed by atoms with Crippen LogP contribution in [0, 0.1) is 5.41 Å². The van der Waals surface area contributed by atoms with Crippen LogP contribution in [0.1, 0.15) is 24.0 Å². The summed E-state index contributed by atoms with van der Waals surface area (Å²) in [6.07, 6.45) is -1.05. The molecule has 1 aliphatic carbocycles. The lowest BCUT2D eigenvalue weighted by molar-refractivity contribution is -0.137. The molecule has 1 aromatic rings. The lowest BCUT2D eigenvalue weighted by Crippen LogP contribution is -2.21. The SMILES string of the molecule is CNCC1(Cc2ccc(C(F)(F)F)cc2)CC1. The van der Waals surface area contributed by atoms with E-state index in [-0.39, 0.29) is 5.41 Å². The van der Waals surface area contributed by atoms with Crippen molar-refractivity contribution in [2.24, 2.45) is 5.41 Å². The molecule has 0 aliphatic heterocycles. The van der Waals surface area contributed by atoms with Crippen LogP contribution in [0.5, 0.6) is 0 Å². The standard InChI is InChI=1S/C13H16F3N/c1-17-9-12(6-7-12)8-10-2-4-11(5-3-10)13(14,15)16/h2-5,17H,6-9H2,1H3. The summed E-state index contributed by atoms with van der Waals surface area (Å²) < 4.78 is 37.1. The first-order valence-electron chi connectivity index (χ1n) is 5.76. The Bertz CT molecular complexity index is 377. The van der Waals surface area contributed by atoms with E-state index in [1.165, 1.54) is 12.1 Å². The molecule has 0 amide bonds. The van der Waals surface area contributed by atoms with Gasteiger partial charge in [0.1, 0.15) is 0 Å². The largest absolute Gasteiger partial charge is 0.416 e. The second-order valence-electron chi connectivity index (χ2n) is 4.90.